The zero-order chi connectivity index (χ0) is 14.4. The first-order chi connectivity index (χ1) is 8.87. The lowest BCUT2D eigenvalue weighted by Gasteiger charge is -2.40. The maximum Gasteiger partial charge on any atom is 0.330 e. The van der Waals surface area contributed by atoms with Crippen LogP contribution in [0.25, 0.3) is 0 Å². The number of ether oxygens (including phenoxy) is 1. The maximum absolute atomic E-state index is 11.1. The first-order valence-electron chi connectivity index (χ1n) is 7.13. The van der Waals surface area contributed by atoms with Gasteiger partial charge in [-0.15, -0.1) is 0 Å². The minimum Gasteiger partial charge on any atom is -0.463 e. The highest BCUT2D eigenvalue weighted by Crippen LogP contribution is 2.39. The third-order valence-corrected chi connectivity index (χ3v) is 3.79. The molecule has 0 saturated heterocycles. The molecule has 0 aromatic carbocycles. The predicted molar refractivity (Wildman–Crippen MR) is 75.8 cm³/mol. The number of hydrogen-bond acceptors (Lipinski definition) is 4. The molecule has 0 spiro atoms. The van der Waals surface area contributed by atoms with Crippen molar-refractivity contribution in [3.8, 4) is 0 Å². The van der Waals surface area contributed by atoms with Gasteiger partial charge in [0.05, 0.1) is 12.2 Å². The highest BCUT2D eigenvalue weighted by Gasteiger charge is 2.35. The molecule has 0 heterocycles. The van der Waals surface area contributed by atoms with Gasteiger partial charge < -0.3 is 15.2 Å². The van der Waals surface area contributed by atoms with Crippen LogP contribution >= 0.6 is 0 Å². The Morgan fingerprint density at radius 2 is 1.95 bits per heavy atom. The van der Waals surface area contributed by atoms with Gasteiger partial charge >= 0.3 is 5.97 Å². The lowest BCUT2D eigenvalue weighted by molar-refractivity contribution is -0.137. The van der Waals surface area contributed by atoms with Crippen LogP contribution in [0.15, 0.2) is 12.2 Å². The molecule has 0 unspecified atom stereocenters. The normalized spacial score (nSPS) is 21.5. The fourth-order valence-electron chi connectivity index (χ4n) is 2.30. The Kier molecular flexibility index (Phi) is 6.01. The van der Waals surface area contributed by atoms with Crippen molar-refractivity contribution in [3.05, 3.63) is 12.2 Å². The van der Waals surface area contributed by atoms with Crippen molar-refractivity contribution in [2.75, 3.05) is 19.7 Å². The van der Waals surface area contributed by atoms with Crippen molar-refractivity contribution in [1.29, 1.82) is 0 Å². The molecule has 0 atom stereocenters. The Bertz CT molecular complexity index is 313. The Morgan fingerprint density at radius 1 is 1.32 bits per heavy atom. The molecule has 0 radical (unpaired) electrons. The number of carbonyl (C=O) groups is 1. The summed E-state index contributed by atoms with van der Waals surface area (Å²) < 4.78 is 4.78. The van der Waals surface area contributed by atoms with Gasteiger partial charge in [0.1, 0.15) is 0 Å². The van der Waals surface area contributed by atoms with Gasteiger partial charge in [0.15, 0.2) is 0 Å². The monoisotopic (exact) mass is 269 g/mol. The smallest absolute Gasteiger partial charge is 0.330 e. The molecule has 1 saturated carbocycles. The molecule has 0 bridgehead atoms. The lowest BCUT2D eigenvalue weighted by Crippen LogP contribution is -2.45. The van der Waals surface area contributed by atoms with Crippen molar-refractivity contribution in [1.82, 2.24) is 5.32 Å². The minimum absolute atomic E-state index is 0.317. The summed E-state index contributed by atoms with van der Waals surface area (Å²) in [6, 6.07) is 0. The number of esters is 1. The second-order valence-corrected chi connectivity index (χ2v) is 6.17. The molecule has 0 aromatic rings. The van der Waals surface area contributed by atoms with Crippen molar-refractivity contribution >= 4 is 5.97 Å². The molecular weight excluding hydrogens is 242 g/mol. The predicted octanol–water partition coefficient (Wildman–Crippen LogP) is 2.03. The van der Waals surface area contributed by atoms with E-state index in [1.54, 1.807) is 13.0 Å². The highest BCUT2D eigenvalue weighted by atomic mass is 16.5. The maximum atomic E-state index is 11.1. The molecule has 1 rings (SSSR count). The first-order valence-corrected chi connectivity index (χ1v) is 7.13. The van der Waals surface area contributed by atoms with Crippen LogP contribution < -0.4 is 5.32 Å². The summed E-state index contributed by atoms with van der Waals surface area (Å²) in [4.78, 5) is 11.1. The molecule has 1 fully saturated rings. The molecule has 110 valence electrons. The van der Waals surface area contributed by atoms with E-state index >= 15 is 0 Å². The summed E-state index contributed by atoms with van der Waals surface area (Å²) in [5.41, 5.74) is -0.233. The largest absolute Gasteiger partial charge is 0.463 e. The topological polar surface area (TPSA) is 58.6 Å². The van der Waals surface area contributed by atoms with E-state index < -0.39 is 5.60 Å². The summed E-state index contributed by atoms with van der Waals surface area (Å²) in [5.74, 6) is -0.317. The zero-order valence-electron chi connectivity index (χ0n) is 12.4. The second kappa shape index (κ2) is 7.06. The van der Waals surface area contributed by atoms with E-state index in [4.69, 9.17) is 4.74 Å². The van der Waals surface area contributed by atoms with Crippen LogP contribution in [0.1, 0.15) is 46.5 Å². The van der Waals surface area contributed by atoms with Gasteiger partial charge in [-0.2, -0.15) is 0 Å². The van der Waals surface area contributed by atoms with E-state index in [-0.39, 0.29) is 5.97 Å². The molecule has 0 aromatic heterocycles. The van der Waals surface area contributed by atoms with Crippen LogP contribution in [0.4, 0.5) is 0 Å². The zero-order valence-corrected chi connectivity index (χ0v) is 12.4. The molecule has 4 heteroatoms. The van der Waals surface area contributed by atoms with Gasteiger partial charge in [0.2, 0.25) is 0 Å². The van der Waals surface area contributed by atoms with Crippen LogP contribution in [0.5, 0.6) is 0 Å². The van der Waals surface area contributed by atoms with Crippen LogP contribution in [0.2, 0.25) is 0 Å². The van der Waals surface area contributed by atoms with Gasteiger partial charge in [0, 0.05) is 19.2 Å². The first kappa shape index (κ1) is 16.2. The number of carbonyl (C=O) groups excluding carboxylic acids is 1. The number of rotatable bonds is 6. The fourth-order valence-corrected chi connectivity index (χ4v) is 2.30. The molecule has 4 nitrogen and oxygen atoms in total. The molecule has 1 aliphatic rings. The summed E-state index contributed by atoms with van der Waals surface area (Å²) in [5, 5.41) is 13.6. The standard InChI is InChI=1S/C15H27NO3/c1-4-19-13(17)6-5-11-16-12-15(18)9-7-14(2,3)8-10-15/h5-6,16,18H,4,7-12H2,1-3H3/b6-5+. The van der Waals surface area contributed by atoms with Crippen LogP contribution in [-0.2, 0) is 9.53 Å². The minimum atomic E-state index is -0.590. The van der Waals surface area contributed by atoms with Crippen molar-refractivity contribution < 1.29 is 14.6 Å². The molecule has 0 aliphatic heterocycles. The average Bonchev–Trinajstić information content (AvgIpc) is 2.34. The SMILES string of the molecule is CCOC(=O)/C=C/CNCC1(O)CCC(C)(C)CC1. The molecule has 2 N–H and O–H groups in total. The van der Waals surface area contributed by atoms with Crippen molar-refractivity contribution in [2.24, 2.45) is 5.41 Å². The van der Waals surface area contributed by atoms with E-state index in [0.717, 1.165) is 25.7 Å². The third-order valence-electron chi connectivity index (χ3n) is 3.79. The summed E-state index contributed by atoms with van der Waals surface area (Å²) in [6.45, 7) is 7.83. The van der Waals surface area contributed by atoms with Crippen LogP contribution in [-0.4, -0.2) is 36.4 Å². The van der Waals surface area contributed by atoms with Gasteiger partial charge in [0.25, 0.3) is 0 Å². The Balaban J connectivity index is 2.21. The summed E-state index contributed by atoms with van der Waals surface area (Å²) >= 11 is 0. The Morgan fingerprint density at radius 3 is 2.53 bits per heavy atom. The molecule has 19 heavy (non-hydrogen) atoms. The van der Waals surface area contributed by atoms with Gasteiger partial charge in [-0.3, -0.25) is 0 Å². The number of nitrogens with one attached hydrogen (secondary N) is 1. The van der Waals surface area contributed by atoms with E-state index in [1.165, 1.54) is 6.08 Å². The summed E-state index contributed by atoms with van der Waals surface area (Å²) in [7, 11) is 0. The van der Waals surface area contributed by atoms with E-state index in [2.05, 4.69) is 19.2 Å². The number of hydrogen-bond donors (Lipinski definition) is 2. The second-order valence-electron chi connectivity index (χ2n) is 6.17. The van der Waals surface area contributed by atoms with Gasteiger partial charge in [-0.05, 0) is 38.0 Å². The third kappa shape index (κ3) is 6.21. The van der Waals surface area contributed by atoms with E-state index in [0.29, 0.717) is 25.1 Å². The van der Waals surface area contributed by atoms with Gasteiger partial charge in [-0.25, -0.2) is 4.79 Å². The van der Waals surface area contributed by atoms with Crippen molar-refractivity contribution in [3.63, 3.8) is 0 Å². The van der Waals surface area contributed by atoms with E-state index in [1.807, 2.05) is 0 Å². The average molecular weight is 269 g/mol. The molecule has 0 amide bonds. The Hall–Kier alpha value is -0.870. The van der Waals surface area contributed by atoms with Crippen molar-refractivity contribution in [2.45, 2.75) is 52.1 Å². The fraction of sp³-hybridized carbons (Fsp3) is 0.800. The number of aliphatic hydroxyl groups is 1. The van der Waals surface area contributed by atoms with Gasteiger partial charge in [-0.1, -0.05) is 19.9 Å². The van der Waals surface area contributed by atoms with Crippen LogP contribution in [0, 0.1) is 5.41 Å². The molecule has 1 aliphatic carbocycles. The lowest BCUT2D eigenvalue weighted by atomic mass is 9.71. The van der Waals surface area contributed by atoms with Crippen LogP contribution in [0.3, 0.4) is 0 Å². The molecular formula is C15H27NO3. The Labute approximate surface area is 116 Å². The highest BCUT2D eigenvalue weighted by molar-refractivity contribution is 5.81. The summed E-state index contributed by atoms with van der Waals surface area (Å²) in [6.07, 6.45) is 6.95. The van der Waals surface area contributed by atoms with E-state index in [9.17, 15) is 9.90 Å². The quantitative estimate of drug-likeness (QED) is 0.440.